The predicted molar refractivity (Wildman–Crippen MR) is 69.2 cm³/mol. The van der Waals surface area contributed by atoms with Crippen molar-refractivity contribution < 1.29 is 14.6 Å². The molecule has 1 amide bonds. The Labute approximate surface area is 107 Å². The molecule has 0 saturated carbocycles. The van der Waals surface area contributed by atoms with Crippen molar-refractivity contribution >= 4 is 11.6 Å². The quantitative estimate of drug-likeness (QED) is 0.862. The van der Waals surface area contributed by atoms with E-state index in [0.29, 0.717) is 13.2 Å². The first-order valence-corrected chi connectivity index (χ1v) is 6.33. The van der Waals surface area contributed by atoms with Crippen molar-refractivity contribution in [1.82, 2.24) is 0 Å². The largest absolute Gasteiger partial charge is 0.389 e. The monoisotopic (exact) mass is 249 g/mol. The number of aliphatic hydroxyl groups is 1. The maximum absolute atomic E-state index is 12.0. The summed E-state index contributed by atoms with van der Waals surface area (Å²) >= 11 is 0. The lowest BCUT2D eigenvalue weighted by Crippen LogP contribution is -2.28. The van der Waals surface area contributed by atoms with Gasteiger partial charge < -0.3 is 15.2 Å². The van der Waals surface area contributed by atoms with E-state index in [4.69, 9.17) is 4.74 Å². The molecule has 0 spiro atoms. The zero-order chi connectivity index (χ0) is 13.0. The van der Waals surface area contributed by atoms with Crippen LogP contribution in [0.4, 0.5) is 5.69 Å². The SMILES string of the molecule is CC(O)c1cccc(NC(=O)C2CCOCC2)c1. The zero-order valence-electron chi connectivity index (χ0n) is 10.6. The van der Waals surface area contributed by atoms with E-state index in [2.05, 4.69) is 5.32 Å². The molecule has 1 unspecified atom stereocenters. The fourth-order valence-corrected chi connectivity index (χ4v) is 2.08. The molecule has 98 valence electrons. The predicted octanol–water partition coefficient (Wildman–Crippen LogP) is 2.10. The molecular formula is C14H19NO3. The van der Waals surface area contributed by atoms with Gasteiger partial charge in [0, 0.05) is 24.8 Å². The van der Waals surface area contributed by atoms with Gasteiger partial charge in [-0.2, -0.15) is 0 Å². The number of carbonyl (C=O) groups excluding carboxylic acids is 1. The molecule has 4 nitrogen and oxygen atoms in total. The molecule has 2 N–H and O–H groups in total. The van der Waals surface area contributed by atoms with Crippen LogP contribution in [0.2, 0.25) is 0 Å². The summed E-state index contributed by atoms with van der Waals surface area (Å²) in [7, 11) is 0. The topological polar surface area (TPSA) is 58.6 Å². The summed E-state index contributed by atoms with van der Waals surface area (Å²) in [5.74, 6) is 0.0787. The van der Waals surface area contributed by atoms with Crippen molar-refractivity contribution in [3.05, 3.63) is 29.8 Å². The zero-order valence-corrected chi connectivity index (χ0v) is 10.6. The molecule has 0 aromatic heterocycles. The maximum Gasteiger partial charge on any atom is 0.227 e. The van der Waals surface area contributed by atoms with Gasteiger partial charge in [-0.25, -0.2) is 0 Å². The Balaban J connectivity index is 1.99. The number of aliphatic hydroxyl groups excluding tert-OH is 1. The van der Waals surface area contributed by atoms with Crippen LogP contribution < -0.4 is 5.32 Å². The normalized spacial score (nSPS) is 18.3. The third-order valence-electron chi connectivity index (χ3n) is 3.23. The van der Waals surface area contributed by atoms with Crippen molar-refractivity contribution in [3.8, 4) is 0 Å². The highest BCUT2D eigenvalue weighted by Gasteiger charge is 2.21. The molecule has 1 saturated heterocycles. The highest BCUT2D eigenvalue weighted by atomic mass is 16.5. The average Bonchev–Trinajstić information content (AvgIpc) is 2.40. The van der Waals surface area contributed by atoms with Gasteiger partial charge >= 0.3 is 0 Å². The summed E-state index contributed by atoms with van der Waals surface area (Å²) < 4.78 is 5.24. The second-order valence-electron chi connectivity index (χ2n) is 4.68. The second kappa shape index (κ2) is 5.98. The molecule has 4 heteroatoms. The van der Waals surface area contributed by atoms with E-state index in [0.717, 1.165) is 24.1 Å². The summed E-state index contributed by atoms with van der Waals surface area (Å²) in [6.45, 7) is 3.02. The van der Waals surface area contributed by atoms with Gasteiger partial charge in [0.15, 0.2) is 0 Å². The molecule has 1 aliphatic rings. The van der Waals surface area contributed by atoms with Crippen LogP contribution in [0.3, 0.4) is 0 Å². The van der Waals surface area contributed by atoms with Crippen LogP contribution in [-0.4, -0.2) is 24.2 Å². The number of carbonyl (C=O) groups is 1. The molecule has 1 heterocycles. The first kappa shape index (κ1) is 13.1. The molecule has 0 aliphatic carbocycles. The van der Waals surface area contributed by atoms with Gasteiger partial charge in [-0.05, 0) is 37.5 Å². The fraction of sp³-hybridized carbons (Fsp3) is 0.500. The first-order chi connectivity index (χ1) is 8.66. The number of ether oxygens (including phenoxy) is 1. The minimum Gasteiger partial charge on any atom is -0.389 e. The van der Waals surface area contributed by atoms with Crippen LogP contribution in [0.15, 0.2) is 24.3 Å². The van der Waals surface area contributed by atoms with Crippen LogP contribution in [0.5, 0.6) is 0 Å². The molecule has 18 heavy (non-hydrogen) atoms. The minimum atomic E-state index is -0.523. The van der Waals surface area contributed by atoms with Gasteiger partial charge in [0.25, 0.3) is 0 Å². The number of anilines is 1. The molecule has 2 rings (SSSR count). The Hall–Kier alpha value is -1.39. The van der Waals surface area contributed by atoms with Crippen molar-refractivity contribution in [2.24, 2.45) is 5.92 Å². The van der Waals surface area contributed by atoms with Gasteiger partial charge in [0.2, 0.25) is 5.91 Å². The molecular weight excluding hydrogens is 230 g/mol. The third-order valence-corrected chi connectivity index (χ3v) is 3.23. The molecule has 1 aromatic carbocycles. The summed E-state index contributed by atoms with van der Waals surface area (Å²) in [5, 5.41) is 12.4. The number of nitrogens with one attached hydrogen (secondary N) is 1. The van der Waals surface area contributed by atoms with Crippen LogP contribution in [0.25, 0.3) is 0 Å². The fourth-order valence-electron chi connectivity index (χ4n) is 2.08. The Morgan fingerprint density at radius 2 is 2.17 bits per heavy atom. The summed E-state index contributed by atoms with van der Waals surface area (Å²) in [5.41, 5.74) is 1.55. The van der Waals surface area contributed by atoms with Gasteiger partial charge in [-0.1, -0.05) is 12.1 Å². The van der Waals surface area contributed by atoms with E-state index in [1.807, 2.05) is 24.3 Å². The van der Waals surface area contributed by atoms with E-state index in [1.54, 1.807) is 6.92 Å². The minimum absolute atomic E-state index is 0.0361. The summed E-state index contributed by atoms with van der Waals surface area (Å²) in [4.78, 5) is 12.0. The number of rotatable bonds is 3. The molecule has 1 aliphatic heterocycles. The Morgan fingerprint density at radius 1 is 1.44 bits per heavy atom. The van der Waals surface area contributed by atoms with E-state index >= 15 is 0 Å². The van der Waals surface area contributed by atoms with E-state index in [1.165, 1.54) is 0 Å². The third kappa shape index (κ3) is 3.31. The van der Waals surface area contributed by atoms with Gasteiger partial charge in [0.05, 0.1) is 6.10 Å². The van der Waals surface area contributed by atoms with E-state index in [9.17, 15) is 9.90 Å². The van der Waals surface area contributed by atoms with Crippen molar-refractivity contribution in [2.45, 2.75) is 25.9 Å². The number of amides is 1. The Bertz CT molecular complexity index is 411. The van der Waals surface area contributed by atoms with Gasteiger partial charge in [-0.3, -0.25) is 4.79 Å². The Kier molecular flexibility index (Phi) is 4.33. The number of hydrogen-bond acceptors (Lipinski definition) is 3. The van der Waals surface area contributed by atoms with Crippen molar-refractivity contribution in [3.63, 3.8) is 0 Å². The summed E-state index contributed by atoms with van der Waals surface area (Å²) in [6, 6.07) is 7.32. The molecule has 0 radical (unpaired) electrons. The average molecular weight is 249 g/mol. The lowest BCUT2D eigenvalue weighted by atomic mass is 9.99. The molecule has 1 aromatic rings. The van der Waals surface area contributed by atoms with E-state index < -0.39 is 6.10 Å². The first-order valence-electron chi connectivity index (χ1n) is 6.33. The maximum atomic E-state index is 12.0. The smallest absolute Gasteiger partial charge is 0.227 e. The highest BCUT2D eigenvalue weighted by molar-refractivity contribution is 5.92. The van der Waals surface area contributed by atoms with Crippen LogP contribution in [-0.2, 0) is 9.53 Å². The van der Waals surface area contributed by atoms with Gasteiger partial charge in [0.1, 0.15) is 0 Å². The highest BCUT2D eigenvalue weighted by Crippen LogP contribution is 2.20. The number of hydrogen-bond donors (Lipinski definition) is 2. The van der Waals surface area contributed by atoms with Crippen molar-refractivity contribution in [1.29, 1.82) is 0 Å². The van der Waals surface area contributed by atoms with E-state index in [-0.39, 0.29) is 11.8 Å². The Morgan fingerprint density at radius 3 is 2.83 bits per heavy atom. The molecule has 1 fully saturated rings. The van der Waals surface area contributed by atoms with Crippen LogP contribution in [0, 0.1) is 5.92 Å². The van der Waals surface area contributed by atoms with Crippen molar-refractivity contribution in [2.75, 3.05) is 18.5 Å². The van der Waals surface area contributed by atoms with Crippen LogP contribution in [0.1, 0.15) is 31.4 Å². The lowest BCUT2D eigenvalue weighted by molar-refractivity contribution is -0.122. The van der Waals surface area contributed by atoms with Gasteiger partial charge in [-0.15, -0.1) is 0 Å². The standard InChI is InChI=1S/C14H19NO3/c1-10(16)12-3-2-4-13(9-12)15-14(17)11-5-7-18-8-6-11/h2-4,9-11,16H,5-8H2,1H3,(H,15,17). The summed E-state index contributed by atoms with van der Waals surface area (Å²) in [6.07, 6.45) is 1.04. The molecule has 0 bridgehead atoms. The lowest BCUT2D eigenvalue weighted by Gasteiger charge is -2.21. The number of benzene rings is 1. The second-order valence-corrected chi connectivity index (χ2v) is 4.68. The van der Waals surface area contributed by atoms with Crippen LogP contribution >= 0.6 is 0 Å². The molecule has 1 atom stereocenters.